The molecule has 0 spiro atoms. The molecule has 0 aliphatic heterocycles. The van der Waals surface area contributed by atoms with E-state index in [0.29, 0.717) is 0 Å². The molecular formula is C7H10F6O. The molecule has 14 heavy (non-hydrogen) atoms. The molecule has 0 radical (unpaired) electrons. The van der Waals surface area contributed by atoms with Crippen molar-refractivity contribution < 1.29 is 31.4 Å². The smallest absolute Gasteiger partial charge is 0.396 e. The van der Waals surface area contributed by atoms with Crippen LogP contribution in [0.3, 0.4) is 0 Å². The van der Waals surface area contributed by atoms with Gasteiger partial charge in [-0.2, -0.15) is 26.3 Å². The van der Waals surface area contributed by atoms with Crippen molar-refractivity contribution in [3.63, 3.8) is 0 Å². The highest BCUT2D eigenvalue weighted by Gasteiger charge is 2.62. The van der Waals surface area contributed by atoms with Crippen LogP contribution in [0.25, 0.3) is 0 Å². The highest BCUT2D eigenvalue weighted by molar-refractivity contribution is 4.88. The van der Waals surface area contributed by atoms with E-state index in [2.05, 4.69) is 0 Å². The van der Waals surface area contributed by atoms with Gasteiger partial charge in [0, 0.05) is 12.0 Å². The Kier molecular flexibility index (Phi) is 3.48. The Hall–Kier alpha value is -0.460. The molecule has 0 saturated carbocycles. The summed E-state index contributed by atoms with van der Waals surface area (Å²) >= 11 is 0. The van der Waals surface area contributed by atoms with Crippen LogP contribution >= 0.6 is 0 Å². The van der Waals surface area contributed by atoms with E-state index < -0.39 is 30.3 Å². The van der Waals surface area contributed by atoms with Gasteiger partial charge in [0.25, 0.3) is 0 Å². The zero-order valence-corrected chi connectivity index (χ0v) is 7.50. The zero-order chi connectivity index (χ0) is 11.8. The van der Waals surface area contributed by atoms with Crippen LogP contribution in [0, 0.1) is 11.3 Å². The fourth-order valence-corrected chi connectivity index (χ4v) is 1.16. The van der Waals surface area contributed by atoms with Crippen molar-refractivity contribution >= 4 is 0 Å². The van der Waals surface area contributed by atoms with Crippen LogP contribution in [0.5, 0.6) is 0 Å². The van der Waals surface area contributed by atoms with Gasteiger partial charge in [-0.15, -0.1) is 0 Å². The summed E-state index contributed by atoms with van der Waals surface area (Å²) in [5, 5.41) is 8.49. The first-order chi connectivity index (χ1) is 5.93. The Balaban J connectivity index is 5.14. The summed E-state index contributed by atoms with van der Waals surface area (Å²) in [7, 11) is 0. The summed E-state index contributed by atoms with van der Waals surface area (Å²) in [5.74, 6) is -3.51. The van der Waals surface area contributed by atoms with Gasteiger partial charge >= 0.3 is 12.4 Å². The summed E-state index contributed by atoms with van der Waals surface area (Å²) < 4.78 is 72.4. The molecule has 0 saturated heterocycles. The fourth-order valence-electron chi connectivity index (χ4n) is 1.16. The molecule has 0 aromatic carbocycles. The lowest BCUT2D eigenvalue weighted by molar-refractivity contribution is -0.315. The third-order valence-electron chi connectivity index (χ3n) is 1.84. The monoisotopic (exact) mass is 224 g/mol. The van der Waals surface area contributed by atoms with Crippen LogP contribution in [-0.4, -0.2) is 24.1 Å². The maximum Gasteiger partial charge on any atom is 0.401 e. The van der Waals surface area contributed by atoms with Crippen LogP contribution in [-0.2, 0) is 0 Å². The second-order valence-corrected chi connectivity index (χ2v) is 3.66. The van der Waals surface area contributed by atoms with Gasteiger partial charge in [-0.1, -0.05) is 13.8 Å². The Morgan fingerprint density at radius 1 is 0.929 bits per heavy atom. The van der Waals surface area contributed by atoms with E-state index in [4.69, 9.17) is 5.11 Å². The summed E-state index contributed by atoms with van der Waals surface area (Å²) in [6.07, 6.45) is -10.8. The van der Waals surface area contributed by atoms with Crippen molar-refractivity contribution in [2.45, 2.75) is 26.2 Å². The molecule has 0 fully saturated rings. The summed E-state index contributed by atoms with van der Waals surface area (Å²) in [4.78, 5) is 0. The predicted molar refractivity (Wildman–Crippen MR) is 36.5 cm³/mol. The van der Waals surface area contributed by atoms with Crippen molar-refractivity contribution in [1.29, 1.82) is 0 Å². The Morgan fingerprint density at radius 3 is 1.29 bits per heavy atom. The van der Waals surface area contributed by atoms with Gasteiger partial charge < -0.3 is 5.11 Å². The van der Waals surface area contributed by atoms with E-state index >= 15 is 0 Å². The number of rotatable bonds is 2. The van der Waals surface area contributed by atoms with E-state index in [-0.39, 0.29) is 0 Å². The molecule has 0 aromatic heterocycles. The third kappa shape index (κ3) is 3.04. The quantitative estimate of drug-likeness (QED) is 0.715. The molecule has 1 N–H and O–H groups in total. The number of aliphatic hydroxyl groups excluding tert-OH is 1. The summed E-state index contributed by atoms with van der Waals surface area (Å²) in [6, 6.07) is 0. The maximum absolute atomic E-state index is 12.1. The van der Waals surface area contributed by atoms with Crippen molar-refractivity contribution in [2.24, 2.45) is 11.3 Å². The molecular weight excluding hydrogens is 214 g/mol. The van der Waals surface area contributed by atoms with E-state index in [1.165, 1.54) is 0 Å². The second-order valence-electron chi connectivity index (χ2n) is 3.66. The van der Waals surface area contributed by atoms with E-state index in [9.17, 15) is 26.3 Å². The van der Waals surface area contributed by atoms with Crippen LogP contribution in [0.2, 0.25) is 0 Å². The van der Waals surface area contributed by atoms with Crippen molar-refractivity contribution in [3.05, 3.63) is 0 Å². The van der Waals surface area contributed by atoms with E-state index in [1.807, 2.05) is 0 Å². The van der Waals surface area contributed by atoms with Gasteiger partial charge in [0.15, 0.2) is 5.92 Å². The first-order valence-corrected chi connectivity index (χ1v) is 3.67. The lowest BCUT2D eigenvalue weighted by Gasteiger charge is -2.35. The molecule has 0 aromatic rings. The number of hydrogen-bond donors (Lipinski definition) is 1. The standard InChI is InChI=1S/C7H10F6O/c1-5(2,3-14)4(6(8,9)10)7(11,12)13/h4,14H,3H2,1-2H3. The number of halogens is 6. The molecule has 86 valence electrons. The molecule has 1 nitrogen and oxygen atoms in total. The topological polar surface area (TPSA) is 20.2 Å². The van der Waals surface area contributed by atoms with E-state index in [1.54, 1.807) is 0 Å². The Labute approximate surface area is 76.7 Å². The lowest BCUT2D eigenvalue weighted by atomic mass is 9.78. The summed E-state index contributed by atoms with van der Waals surface area (Å²) in [5.41, 5.74) is -2.27. The highest BCUT2D eigenvalue weighted by Crippen LogP contribution is 2.48. The molecule has 0 bridgehead atoms. The molecule has 0 heterocycles. The minimum atomic E-state index is -5.40. The van der Waals surface area contributed by atoms with Gasteiger partial charge in [0.05, 0.1) is 0 Å². The molecule has 7 heteroatoms. The first kappa shape index (κ1) is 13.5. The van der Waals surface area contributed by atoms with Crippen molar-refractivity contribution in [2.75, 3.05) is 6.61 Å². The average Bonchev–Trinajstić information content (AvgIpc) is 1.79. The lowest BCUT2D eigenvalue weighted by Crippen LogP contribution is -2.48. The Bertz CT molecular complexity index is 177. The largest absolute Gasteiger partial charge is 0.401 e. The minimum absolute atomic E-state index is 0.721. The van der Waals surface area contributed by atoms with Gasteiger partial charge in [-0.25, -0.2) is 0 Å². The normalized spacial score (nSPS) is 15.0. The SMILES string of the molecule is CC(C)(CO)C(C(F)(F)F)C(F)(F)F. The zero-order valence-electron chi connectivity index (χ0n) is 7.50. The van der Waals surface area contributed by atoms with Crippen LogP contribution < -0.4 is 0 Å². The molecule has 0 rings (SSSR count). The van der Waals surface area contributed by atoms with Crippen LogP contribution in [0.4, 0.5) is 26.3 Å². The van der Waals surface area contributed by atoms with Gasteiger partial charge in [0.1, 0.15) is 0 Å². The highest BCUT2D eigenvalue weighted by atomic mass is 19.4. The first-order valence-electron chi connectivity index (χ1n) is 3.67. The maximum atomic E-state index is 12.1. The third-order valence-corrected chi connectivity index (χ3v) is 1.84. The Morgan fingerprint density at radius 2 is 1.21 bits per heavy atom. The number of hydrogen-bond acceptors (Lipinski definition) is 1. The van der Waals surface area contributed by atoms with Gasteiger partial charge in [0.2, 0.25) is 0 Å². The van der Waals surface area contributed by atoms with E-state index in [0.717, 1.165) is 13.8 Å². The van der Waals surface area contributed by atoms with Gasteiger partial charge in [-0.3, -0.25) is 0 Å². The second kappa shape index (κ2) is 3.60. The fraction of sp³-hybridized carbons (Fsp3) is 1.00. The molecule has 0 aliphatic rings. The minimum Gasteiger partial charge on any atom is -0.396 e. The number of alkyl halides is 6. The van der Waals surface area contributed by atoms with Crippen molar-refractivity contribution in [3.8, 4) is 0 Å². The van der Waals surface area contributed by atoms with Crippen molar-refractivity contribution in [1.82, 2.24) is 0 Å². The van der Waals surface area contributed by atoms with Gasteiger partial charge in [-0.05, 0) is 0 Å². The average molecular weight is 224 g/mol. The number of aliphatic hydroxyl groups is 1. The molecule has 0 amide bonds. The predicted octanol–water partition coefficient (Wildman–Crippen LogP) is 2.75. The molecule has 0 unspecified atom stereocenters. The van der Waals surface area contributed by atoms with Crippen LogP contribution in [0.1, 0.15) is 13.8 Å². The summed E-state index contributed by atoms with van der Waals surface area (Å²) in [6.45, 7) is 0.258. The molecule has 0 aliphatic carbocycles. The molecule has 0 atom stereocenters. The van der Waals surface area contributed by atoms with Crippen LogP contribution in [0.15, 0.2) is 0 Å².